The molecule has 18 heavy (non-hydrogen) atoms. The molecule has 1 heterocycles. The number of H-pyrrole nitrogens is 1. The second kappa shape index (κ2) is 5.95. The molecule has 0 aliphatic heterocycles. The van der Waals surface area contributed by atoms with E-state index in [1.807, 2.05) is 13.8 Å². The predicted octanol–water partition coefficient (Wildman–Crippen LogP) is -0.00100. The lowest BCUT2D eigenvalue weighted by molar-refractivity contribution is -0.139. The van der Waals surface area contributed by atoms with Gasteiger partial charge in [-0.05, 0) is 18.4 Å². The van der Waals surface area contributed by atoms with Crippen LogP contribution in [0.2, 0.25) is 0 Å². The third kappa shape index (κ3) is 4.00. The maximum atomic E-state index is 11.7. The minimum atomic E-state index is -1.10. The second-order valence-corrected chi connectivity index (χ2v) is 4.30. The van der Waals surface area contributed by atoms with Crippen LogP contribution in [0.3, 0.4) is 0 Å². The maximum Gasteiger partial charge on any atom is 0.326 e. The van der Waals surface area contributed by atoms with Gasteiger partial charge in [-0.3, -0.25) is 9.59 Å². The summed E-state index contributed by atoms with van der Waals surface area (Å²) in [6.07, 6.45) is 0.324. The number of aliphatic carboxylic acids is 1. The van der Waals surface area contributed by atoms with Crippen LogP contribution in [0.15, 0.2) is 16.9 Å². The molecule has 0 aliphatic rings. The van der Waals surface area contributed by atoms with Gasteiger partial charge < -0.3 is 10.4 Å². The van der Waals surface area contributed by atoms with E-state index in [-0.39, 0.29) is 11.6 Å². The number of nitrogens with zero attached hydrogens (tertiary/aromatic N) is 1. The molecule has 98 valence electrons. The highest BCUT2D eigenvalue weighted by molar-refractivity contribution is 5.94. The molecule has 0 spiro atoms. The van der Waals surface area contributed by atoms with E-state index >= 15 is 0 Å². The highest BCUT2D eigenvalue weighted by atomic mass is 16.4. The van der Waals surface area contributed by atoms with Gasteiger partial charge in [-0.25, -0.2) is 9.89 Å². The van der Waals surface area contributed by atoms with Crippen LogP contribution in [-0.4, -0.2) is 33.2 Å². The number of hydrogen-bond donors (Lipinski definition) is 3. The first-order chi connectivity index (χ1) is 8.40. The standard InChI is InChI=1S/C11H15N3O4/c1-6(2)5-8(11(17)18)12-10(16)7-3-4-9(15)14-13-7/h3-4,6,8H,5H2,1-2H3,(H,12,16)(H,14,15)(H,17,18)/t8-/m0/s1. The van der Waals surface area contributed by atoms with E-state index in [9.17, 15) is 14.4 Å². The van der Waals surface area contributed by atoms with Gasteiger partial charge >= 0.3 is 5.97 Å². The average Bonchev–Trinajstić information content (AvgIpc) is 2.28. The monoisotopic (exact) mass is 253 g/mol. The maximum absolute atomic E-state index is 11.7. The molecule has 0 fully saturated rings. The SMILES string of the molecule is CC(C)C[C@H](NC(=O)c1ccc(=O)[nH]n1)C(=O)O. The van der Waals surface area contributed by atoms with Crippen molar-refractivity contribution < 1.29 is 14.7 Å². The van der Waals surface area contributed by atoms with Crippen molar-refractivity contribution in [2.75, 3.05) is 0 Å². The van der Waals surface area contributed by atoms with E-state index in [1.54, 1.807) is 0 Å². The Morgan fingerprint density at radius 2 is 2.11 bits per heavy atom. The van der Waals surface area contributed by atoms with Gasteiger partial charge in [0.1, 0.15) is 11.7 Å². The zero-order valence-corrected chi connectivity index (χ0v) is 10.1. The van der Waals surface area contributed by atoms with Crippen LogP contribution in [-0.2, 0) is 4.79 Å². The number of carboxylic acid groups (broad SMARTS) is 1. The van der Waals surface area contributed by atoms with Crippen LogP contribution in [0, 0.1) is 5.92 Å². The van der Waals surface area contributed by atoms with Gasteiger partial charge in [0.2, 0.25) is 0 Å². The van der Waals surface area contributed by atoms with Crippen LogP contribution >= 0.6 is 0 Å². The van der Waals surface area contributed by atoms with Crippen molar-refractivity contribution in [3.05, 3.63) is 28.2 Å². The Balaban J connectivity index is 2.75. The summed E-state index contributed by atoms with van der Waals surface area (Å²) >= 11 is 0. The first-order valence-corrected chi connectivity index (χ1v) is 5.49. The molecule has 1 amide bonds. The third-order valence-electron chi connectivity index (χ3n) is 2.22. The number of carbonyl (C=O) groups is 2. The second-order valence-electron chi connectivity index (χ2n) is 4.30. The summed E-state index contributed by atoms with van der Waals surface area (Å²) in [4.78, 5) is 33.4. The van der Waals surface area contributed by atoms with Crippen molar-refractivity contribution in [1.29, 1.82) is 0 Å². The zero-order chi connectivity index (χ0) is 13.7. The Morgan fingerprint density at radius 3 is 2.56 bits per heavy atom. The fraction of sp³-hybridized carbons (Fsp3) is 0.455. The Bertz CT molecular complexity index is 475. The normalized spacial score (nSPS) is 12.2. The van der Waals surface area contributed by atoms with Crippen molar-refractivity contribution in [2.45, 2.75) is 26.3 Å². The van der Waals surface area contributed by atoms with Crippen LogP contribution in [0.1, 0.15) is 30.8 Å². The van der Waals surface area contributed by atoms with Gasteiger partial charge in [-0.1, -0.05) is 13.8 Å². The molecule has 7 heteroatoms. The topological polar surface area (TPSA) is 112 Å². The summed E-state index contributed by atoms with van der Waals surface area (Å²) in [5.41, 5.74) is -0.451. The number of rotatable bonds is 5. The van der Waals surface area contributed by atoms with Gasteiger partial charge in [0.25, 0.3) is 11.5 Å². The molecule has 0 saturated heterocycles. The minimum absolute atomic E-state index is 0.0235. The molecule has 1 rings (SSSR count). The summed E-state index contributed by atoms with van der Waals surface area (Å²) in [7, 11) is 0. The Kier molecular flexibility index (Phi) is 4.59. The highest BCUT2D eigenvalue weighted by Gasteiger charge is 2.22. The zero-order valence-electron chi connectivity index (χ0n) is 10.1. The Morgan fingerprint density at radius 1 is 1.44 bits per heavy atom. The number of aromatic nitrogens is 2. The van der Waals surface area contributed by atoms with Crippen molar-refractivity contribution >= 4 is 11.9 Å². The number of nitrogens with one attached hydrogen (secondary N) is 2. The first-order valence-electron chi connectivity index (χ1n) is 5.49. The fourth-order valence-corrected chi connectivity index (χ4v) is 1.40. The van der Waals surface area contributed by atoms with Crippen molar-refractivity contribution in [2.24, 2.45) is 5.92 Å². The van der Waals surface area contributed by atoms with Gasteiger partial charge in [0.05, 0.1) is 0 Å². The molecule has 3 N–H and O–H groups in total. The van der Waals surface area contributed by atoms with Crippen molar-refractivity contribution in [1.82, 2.24) is 15.5 Å². The lowest BCUT2D eigenvalue weighted by atomic mass is 10.0. The third-order valence-corrected chi connectivity index (χ3v) is 2.22. The van der Waals surface area contributed by atoms with Crippen LogP contribution in [0.25, 0.3) is 0 Å². The molecule has 0 bridgehead atoms. The summed E-state index contributed by atoms with van der Waals surface area (Å²) in [5, 5.41) is 17.0. The molecule has 0 unspecified atom stereocenters. The molecular formula is C11H15N3O4. The molecule has 0 aromatic carbocycles. The van der Waals surface area contributed by atoms with Crippen LogP contribution in [0.5, 0.6) is 0 Å². The Hall–Kier alpha value is -2.18. The minimum Gasteiger partial charge on any atom is -0.480 e. The molecule has 0 radical (unpaired) electrons. The summed E-state index contributed by atoms with van der Waals surface area (Å²) in [6, 6.07) is 1.42. The van der Waals surface area contributed by atoms with Crippen molar-refractivity contribution in [3.8, 4) is 0 Å². The van der Waals surface area contributed by atoms with E-state index in [4.69, 9.17) is 5.11 Å². The van der Waals surface area contributed by atoms with Gasteiger partial charge in [-0.2, -0.15) is 5.10 Å². The van der Waals surface area contributed by atoms with E-state index in [0.717, 1.165) is 6.07 Å². The smallest absolute Gasteiger partial charge is 0.326 e. The molecule has 1 aromatic rings. The quantitative estimate of drug-likeness (QED) is 0.683. The lowest BCUT2D eigenvalue weighted by Crippen LogP contribution is -2.42. The number of hydrogen-bond acceptors (Lipinski definition) is 4. The number of amides is 1. The van der Waals surface area contributed by atoms with Crippen LogP contribution < -0.4 is 10.9 Å². The number of carboxylic acids is 1. The van der Waals surface area contributed by atoms with E-state index in [1.165, 1.54) is 6.07 Å². The molecule has 1 aromatic heterocycles. The van der Waals surface area contributed by atoms with Gasteiger partial charge in [0, 0.05) is 6.07 Å². The highest BCUT2D eigenvalue weighted by Crippen LogP contribution is 2.05. The van der Waals surface area contributed by atoms with Gasteiger partial charge in [0.15, 0.2) is 0 Å². The Labute approximate surface area is 103 Å². The fourth-order valence-electron chi connectivity index (χ4n) is 1.40. The molecule has 7 nitrogen and oxygen atoms in total. The largest absolute Gasteiger partial charge is 0.480 e. The van der Waals surface area contributed by atoms with Crippen LogP contribution in [0.4, 0.5) is 0 Å². The van der Waals surface area contributed by atoms with E-state index in [0.29, 0.717) is 6.42 Å². The molecule has 0 aliphatic carbocycles. The van der Waals surface area contributed by atoms with E-state index in [2.05, 4.69) is 15.5 Å². The number of aromatic amines is 1. The number of carbonyl (C=O) groups excluding carboxylic acids is 1. The summed E-state index contributed by atoms with van der Waals surface area (Å²) in [5.74, 6) is -1.59. The van der Waals surface area contributed by atoms with Gasteiger partial charge in [-0.15, -0.1) is 0 Å². The van der Waals surface area contributed by atoms with E-state index < -0.39 is 23.5 Å². The summed E-state index contributed by atoms with van der Waals surface area (Å²) < 4.78 is 0. The predicted molar refractivity (Wildman–Crippen MR) is 63.2 cm³/mol. The summed E-state index contributed by atoms with van der Waals surface area (Å²) in [6.45, 7) is 3.72. The average molecular weight is 253 g/mol. The lowest BCUT2D eigenvalue weighted by Gasteiger charge is -2.15. The molecule has 0 saturated carbocycles. The van der Waals surface area contributed by atoms with Crippen molar-refractivity contribution in [3.63, 3.8) is 0 Å². The molecular weight excluding hydrogens is 238 g/mol. The first kappa shape index (κ1) is 13.9. The molecule has 1 atom stereocenters.